The minimum absolute atomic E-state index is 0.283. The number of fused-ring (bicyclic) bond motifs is 3. The van der Waals surface area contributed by atoms with Gasteiger partial charge in [0, 0.05) is 12.3 Å². The normalized spacial score (nSPS) is 16.6. The minimum atomic E-state index is -4.63. The van der Waals surface area contributed by atoms with Crippen LogP contribution in [0.5, 0.6) is 5.75 Å². The highest BCUT2D eigenvalue weighted by molar-refractivity contribution is 5.59. The van der Waals surface area contributed by atoms with E-state index >= 15 is 0 Å². The molecule has 0 radical (unpaired) electrons. The molecule has 1 N–H and O–H groups in total. The van der Waals surface area contributed by atoms with Gasteiger partial charge >= 0.3 is 6.18 Å². The molecule has 1 atom stereocenters. The predicted molar refractivity (Wildman–Crippen MR) is 115 cm³/mol. The van der Waals surface area contributed by atoms with Gasteiger partial charge in [-0.2, -0.15) is 13.2 Å². The summed E-state index contributed by atoms with van der Waals surface area (Å²) in [6.45, 7) is 0.625. The molecule has 178 valence electrons. The molecule has 3 aromatic rings. The Labute approximate surface area is 191 Å². The Bertz CT molecular complexity index is 1280. The predicted octanol–water partition coefficient (Wildman–Crippen LogP) is 4.39. The van der Waals surface area contributed by atoms with Crippen molar-refractivity contribution in [3.63, 3.8) is 0 Å². The van der Waals surface area contributed by atoms with Crippen molar-refractivity contribution in [1.29, 1.82) is 0 Å². The molecule has 2 aromatic carbocycles. The molecule has 1 aliphatic heterocycles. The van der Waals surface area contributed by atoms with E-state index in [-0.39, 0.29) is 12.5 Å². The highest BCUT2D eigenvalue weighted by Crippen LogP contribution is 2.43. The highest BCUT2D eigenvalue weighted by atomic mass is 19.4. The molecule has 2 aliphatic rings. The second-order valence-corrected chi connectivity index (χ2v) is 8.55. The van der Waals surface area contributed by atoms with E-state index in [1.807, 2.05) is 0 Å². The van der Waals surface area contributed by atoms with Gasteiger partial charge in [-0.1, -0.05) is 12.1 Å². The molecule has 5 rings (SSSR count). The molecular formula is C24H20F5N3O2. The summed E-state index contributed by atoms with van der Waals surface area (Å²) in [5, 5.41) is 12.0. The Morgan fingerprint density at radius 2 is 1.53 bits per heavy atom. The second-order valence-electron chi connectivity index (χ2n) is 8.55. The number of nitrogens with zero attached hydrogens (tertiary/aromatic N) is 3. The SMILES string of the molecule is C[C@@H](N1CN(C2c3ccc(F)cc3CCc3cc(F)ccc32)n2ccc(=O)c(O)c21)C(F)(F)F. The number of hydrogen-bond donors (Lipinski definition) is 1. The Morgan fingerprint density at radius 1 is 0.971 bits per heavy atom. The van der Waals surface area contributed by atoms with Crippen molar-refractivity contribution in [2.75, 3.05) is 16.6 Å². The number of aromatic hydroxyl groups is 1. The summed E-state index contributed by atoms with van der Waals surface area (Å²) in [5.74, 6) is -1.99. The van der Waals surface area contributed by atoms with Crippen molar-refractivity contribution in [1.82, 2.24) is 4.68 Å². The van der Waals surface area contributed by atoms with E-state index in [4.69, 9.17) is 0 Å². The Kier molecular flexibility index (Phi) is 5.07. The maximum Gasteiger partial charge on any atom is 0.408 e. The zero-order valence-corrected chi connectivity index (χ0v) is 18.0. The number of halogens is 5. The lowest BCUT2D eigenvalue weighted by atomic mass is 9.94. The lowest BCUT2D eigenvalue weighted by molar-refractivity contribution is -0.144. The molecule has 34 heavy (non-hydrogen) atoms. The molecule has 2 heterocycles. The van der Waals surface area contributed by atoms with E-state index in [1.165, 1.54) is 35.1 Å². The lowest BCUT2D eigenvalue weighted by Gasteiger charge is -2.33. The molecular weight excluding hydrogens is 457 g/mol. The standard InChI is InChI=1S/C24H20F5N3O2/c1-13(24(27,28)29)30-12-32(31-9-8-20(33)22(34)23(30)31)21-18-6-4-16(25)10-14(18)2-3-15-11-17(26)5-7-19(15)21/h4-11,13,21,34H,2-3,12H2,1H3/t13-/m1/s1. The van der Waals surface area contributed by atoms with Crippen molar-refractivity contribution in [3.8, 4) is 5.75 Å². The van der Waals surface area contributed by atoms with Gasteiger partial charge < -0.3 is 10.0 Å². The zero-order chi connectivity index (χ0) is 24.4. The van der Waals surface area contributed by atoms with E-state index < -0.39 is 41.1 Å². The van der Waals surface area contributed by atoms with Gasteiger partial charge in [0.15, 0.2) is 5.82 Å². The van der Waals surface area contributed by atoms with Crippen LogP contribution in [-0.2, 0) is 12.8 Å². The van der Waals surface area contributed by atoms with Crippen molar-refractivity contribution < 1.29 is 27.1 Å². The molecule has 0 bridgehead atoms. The number of benzene rings is 2. The third-order valence-electron chi connectivity index (χ3n) is 6.58. The zero-order valence-electron chi connectivity index (χ0n) is 18.0. The number of alkyl halides is 3. The number of pyridine rings is 1. The van der Waals surface area contributed by atoms with Gasteiger partial charge in [-0.05, 0) is 66.3 Å². The molecule has 10 heteroatoms. The number of aromatic nitrogens is 1. The maximum atomic E-state index is 14.1. The van der Waals surface area contributed by atoms with Gasteiger partial charge in [0.05, 0.1) is 6.04 Å². The van der Waals surface area contributed by atoms with E-state index in [1.54, 1.807) is 17.1 Å². The average Bonchev–Trinajstić information content (AvgIpc) is 3.08. The molecule has 0 spiro atoms. The molecule has 5 nitrogen and oxygen atoms in total. The van der Waals surface area contributed by atoms with Gasteiger partial charge in [-0.25, -0.2) is 13.5 Å². The fraction of sp³-hybridized carbons (Fsp3) is 0.292. The van der Waals surface area contributed by atoms with Gasteiger partial charge in [-0.3, -0.25) is 9.80 Å². The molecule has 0 saturated carbocycles. The summed E-state index contributed by atoms with van der Waals surface area (Å²) >= 11 is 0. The van der Waals surface area contributed by atoms with Crippen LogP contribution in [0.3, 0.4) is 0 Å². The molecule has 1 aromatic heterocycles. The van der Waals surface area contributed by atoms with Crippen LogP contribution in [0.2, 0.25) is 0 Å². The fourth-order valence-corrected chi connectivity index (χ4v) is 4.83. The van der Waals surface area contributed by atoms with Crippen LogP contribution in [0.15, 0.2) is 53.5 Å². The molecule has 1 aliphatic carbocycles. The first-order chi connectivity index (χ1) is 16.1. The minimum Gasteiger partial charge on any atom is -0.502 e. The number of rotatable bonds is 2. The quantitative estimate of drug-likeness (QED) is 0.557. The van der Waals surface area contributed by atoms with E-state index in [0.29, 0.717) is 35.1 Å². The maximum absolute atomic E-state index is 14.1. The third kappa shape index (κ3) is 3.48. The Balaban J connectivity index is 1.74. The monoisotopic (exact) mass is 477 g/mol. The highest BCUT2D eigenvalue weighted by Gasteiger charge is 2.47. The Morgan fingerprint density at radius 3 is 2.06 bits per heavy atom. The Hall–Kier alpha value is -3.56. The van der Waals surface area contributed by atoms with Crippen molar-refractivity contribution in [2.45, 2.75) is 38.0 Å². The smallest absolute Gasteiger partial charge is 0.408 e. The van der Waals surface area contributed by atoms with Crippen LogP contribution in [0.25, 0.3) is 0 Å². The number of anilines is 1. The summed E-state index contributed by atoms with van der Waals surface area (Å²) in [7, 11) is 0. The van der Waals surface area contributed by atoms with Crippen LogP contribution >= 0.6 is 0 Å². The largest absolute Gasteiger partial charge is 0.502 e. The van der Waals surface area contributed by atoms with Crippen LogP contribution in [0, 0.1) is 11.6 Å². The van der Waals surface area contributed by atoms with E-state index in [9.17, 15) is 31.9 Å². The second kappa shape index (κ2) is 7.75. The summed E-state index contributed by atoms with van der Waals surface area (Å²) in [5.41, 5.74) is 1.79. The van der Waals surface area contributed by atoms with E-state index in [2.05, 4.69) is 0 Å². The fourth-order valence-electron chi connectivity index (χ4n) is 4.83. The molecule has 0 amide bonds. The summed E-state index contributed by atoms with van der Waals surface area (Å²) < 4.78 is 70.6. The summed E-state index contributed by atoms with van der Waals surface area (Å²) in [4.78, 5) is 13.0. The van der Waals surface area contributed by atoms with Gasteiger partial charge in [0.25, 0.3) is 0 Å². The lowest BCUT2D eigenvalue weighted by Crippen LogP contribution is -2.46. The van der Waals surface area contributed by atoms with Crippen LogP contribution < -0.4 is 15.3 Å². The number of hydrogen-bond acceptors (Lipinski definition) is 4. The van der Waals surface area contributed by atoms with Gasteiger partial charge in [0.2, 0.25) is 11.2 Å². The average molecular weight is 477 g/mol. The van der Waals surface area contributed by atoms with Gasteiger partial charge in [-0.15, -0.1) is 0 Å². The van der Waals surface area contributed by atoms with Crippen LogP contribution in [0.1, 0.15) is 35.2 Å². The topological polar surface area (TPSA) is 48.7 Å². The molecule has 0 unspecified atom stereocenters. The molecule has 0 fully saturated rings. The first kappa shape index (κ1) is 22.2. The van der Waals surface area contributed by atoms with Gasteiger partial charge in [0.1, 0.15) is 24.3 Å². The number of aryl methyl sites for hydroxylation is 2. The summed E-state index contributed by atoms with van der Waals surface area (Å²) in [6.07, 6.45) is -2.50. The van der Waals surface area contributed by atoms with Crippen molar-refractivity contribution >= 4 is 5.82 Å². The van der Waals surface area contributed by atoms with E-state index in [0.717, 1.165) is 17.9 Å². The first-order valence-electron chi connectivity index (χ1n) is 10.7. The third-order valence-corrected chi connectivity index (χ3v) is 6.58. The first-order valence-corrected chi connectivity index (χ1v) is 10.7. The van der Waals surface area contributed by atoms with Crippen molar-refractivity contribution in [2.24, 2.45) is 0 Å². The van der Waals surface area contributed by atoms with Crippen LogP contribution in [-0.4, -0.2) is 28.7 Å². The summed E-state index contributed by atoms with van der Waals surface area (Å²) in [6, 6.07) is 6.79. The molecule has 0 saturated heterocycles. The van der Waals surface area contributed by atoms with Crippen LogP contribution in [0.4, 0.5) is 27.8 Å². The van der Waals surface area contributed by atoms with Crippen molar-refractivity contribution in [3.05, 3.63) is 92.8 Å².